The molecule has 0 spiro atoms. The Morgan fingerprint density at radius 3 is 2.42 bits per heavy atom. The summed E-state index contributed by atoms with van der Waals surface area (Å²) in [5.74, 6) is -0.370. The molecule has 1 aliphatic carbocycles. The molecule has 6 rings (SSSR count). The summed E-state index contributed by atoms with van der Waals surface area (Å²) in [6.07, 6.45) is -2.93. The fraction of sp³-hybridized carbons (Fsp3) is 0.486. The quantitative estimate of drug-likeness (QED) is 0.0215. The van der Waals surface area contributed by atoms with Crippen LogP contribution in [0.3, 0.4) is 0 Å². The van der Waals surface area contributed by atoms with Crippen molar-refractivity contribution in [2.24, 2.45) is 0 Å². The van der Waals surface area contributed by atoms with Crippen molar-refractivity contribution >= 4 is 79.7 Å². The maximum absolute atomic E-state index is 12.7. The largest absolute Gasteiger partial charge is 0.490 e. The third kappa shape index (κ3) is 12.8. The second-order valence-electron chi connectivity index (χ2n) is 15.0. The minimum absolute atomic E-state index is 0.0215. The molecule has 2 unspecified atom stereocenters. The topological polar surface area (TPSA) is 359 Å². The van der Waals surface area contributed by atoms with E-state index in [1.54, 1.807) is 11.3 Å². The summed E-state index contributed by atoms with van der Waals surface area (Å²) in [7, 11) is -11.0. The highest BCUT2D eigenvalue weighted by atomic mass is 32.1. The predicted molar refractivity (Wildman–Crippen MR) is 234 cm³/mol. The number of hydrogen-bond donors (Lipinski definition) is 10. The molecule has 6 atom stereocenters. The first-order valence-corrected chi connectivity index (χ1v) is 25.1. The van der Waals surface area contributed by atoms with Crippen molar-refractivity contribution in [1.82, 2.24) is 34.4 Å². The summed E-state index contributed by atoms with van der Waals surface area (Å²) in [4.78, 5) is 80.7. The minimum Gasteiger partial charge on any atom is -0.387 e. The summed E-state index contributed by atoms with van der Waals surface area (Å²) in [5.41, 5.74) is 7.60. The minimum atomic E-state index is -5.82. The number of hydrogen-bond acceptors (Lipinski definition) is 18. The summed E-state index contributed by atoms with van der Waals surface area (Å²) >= 11 is 1.70. The molecule has 64 heavy (non-hydrogen) atoms. The third-order valence-electron chi connectivity index (χ3n) is 9.89. The van der Waals surface area contributed by atoms with Crippen molar-refractivity contribution in [3.05, 3.63) is 52.1 Å². The van der Waals surface area contributed by atoms with Crippen LogP contribution in [0.5, 0.6) is 0 Å². The van der Waals surface area contributed by atoms with Gasteiger partial charge in [-0.3, -0.25) is 23.7 Å². The molecule has 3 aliphatic rings. The molecule has 25 nitrogen and oxygen atoms in total. The molecule has 0 saturated carbocycles. The normalized spacial score (nSPS) is 19.8. The van der Waals surface area contributed by atoms with Gasteiger partial charge in [0.15, 0.2) is 17.4 Å². The number of nitrogens with zero attached hydrogens (tertiary/aromatic N) is 6. The number of aromatic amines is 1. The molecule has 0 bridgehead atoms. The van der Waals surface area contributed by atoms with Gasteiger partial charge in [-0.1, -0.05) is 12.8 Å². The summed E-state index contributed by atoms with van der Waals surface area (Å²) in [6.45, 7) is 0.428. The van der Waals surface area contributed by atoms with Gasteiger partial charge in [0.25, 0.3) is 5.56 Å². The number of benzene rings is 2. The standard InChI is InChI=1S/C35H49N10O15P3S/c1-43(2)20-10-12-22-25(17-20)64-26-18-21(11-13-23(26)39-22)44(3)16-8-9-27(46)37-14-6-4-5-7-15-38-35-40-28-31(41-34(36)42-32(28)49)45(35)33-30(48)29(47)24(58-33)19-57-62(53,54)60-63(55,56)59-61(50,51)52/h10-13,17-18,24,29-30,33,39,47-48H,4-9,14-16,19H2,1-3H3,(H7,36,37,42,46,49,50,51,52,53,54,55,56)/p+1/t24-,29-,30-,33-/m1/s1. The number of phosphoric acid groups is 3. The van der Waals surface area contributed by atoms with Crippen LogP contribution in [0.4, 0.5) is 17.6 Å². The van der Waals surface area contributed by atoms with Crippen LogP contribution in [0.2, 0.25) is 0 Å². The zero-order chi connectivity index (χ0) is 46.6. The van der Waals surface area contributed by atoms with E-state index in [1.165, 1.54) is 0 Å². The first kappa shape index (κ1) is 49.2. The van der Waals surface area contributed by atoms with Gasteiger partial charge in [-0.2, -0.15) is 13.6 Å². The molecule has 3 aromatic rings. The number of rotatable bonds is 21. The van der Waals surface area contributed by atoms with Gasteiger partial charge in [-0.25, -0.2) is 28.2 Å². The Morgan fingerprint density at radius 1 is 0.969 bits per heavy atom. The van der Waals surface area contributed by atoms with Crippen LogP contribution < -0.4 is 36.8 Å². The molecule has 11 N–H and O–H groups in total. The van der Waals surface area contributed by atoms with Crippen LogP contribution >= 0.6 is 34.8 Å². The number of nitrogens with one attached hydrogen (secondary N) is 3. The molecule has 2 aromatic heterocycles. The number of aliphatic hydroxyl groups excluding tert-OH is 2. The second-order valence-corrected chi connectivity index (χ2v) is 20.5. The Bertz CT molecular complexity index is 2730. The number of ether oxygens (including phenoxy) is 1. The smallest absolute Gasteiger partial charge is 0.387 e. The Morgan fingerprint density at radius 2 is 1.70 bits per heavy atom. The molecular weight excluding hydrogens is 925 g/mol. The number of aromatic nitrogens is 5. The molecule has 4 heterocycles. The Labute approximate surface area is 368 Å². The fourth-order valence-corrected chi connectivity index (χ4v) is 10.8. The van der Waals surface area contributed by atoms with E-state index < -0.39 is 60.2 Å². The number of aliphatic hydroxyl groups is 2. The van der Waals surface area contributed by atoms with Crippen molar-refractivity contribution in [3.63, 3.8) is 0 Å². The highest BCUT2D eigenvalue weighted by molar-refractivity contribution is 7.66. The molecule has 1 amide bonds. The van der Waals surface area contributed by atoms with Gasteiger partial charge < -0.3 is 55.8 Å². The predicted octanol–water partition coefficient (Wildman–Crippen LogP) is 1.42. The number of H-pyrrole nitrogens is 1. The zero-order valence-corrected chi connectivity index (χ0v) is 38.2. The van der Waals surface area contributed by atoms with Gasteiger partial charge in [0.2, 0.25) is 23.2 Å². The SMILES string of the molecule is CN(CCCC(=O)NCCCCCCNc1nc2c(=O)[nH]c(N)nc2n1[C@@H]1O[C@H](COP(=O)(O)OP(=O)(O)OP(=O)(O)O)[C@@H](O)[C@H]1O)c1ccc2nc3ccc(=[N+](C)C)cc-3sc2c1. The number of unbranched alkanes of at least 4 members (excludes halogenated alkanes) is 3. The molecular formula is C35H50N10O15P3S+. The lowest BCUT2D eigenvalue weighted by Gasteiger charge is -2.20. The van der Waals surface area contributed by atoms with Crippen molar-refractivity contribution in [1.29, 1.82) is 0 Å². The first-order valence-electron chi connectivity index (χ1n) is 19.7. The number of amides is 1. The Hall–Kier alpha value is -4.23. The zero-order valence-electron chi connectivity index (χ0n) is 34.7. The van der Waals surface area contributed by atoms with Crippen LogP contribution in [0.25, 0.3) is 32.0 Å². The van der Waals surface area contributed by atoms with Crippen molar-refractivity contribution in [2.75, 3.05) is 63.3 Å². The summed E-state index contributed by atoms with van der Waals surface area (Å²) in [6, 6.07) is 12.4. The summed E-state index contributed by atoms with van der Waals surface area (Å²) in [5, 5.41) is 28.8. The molecule has 350 valence electrons. The van der Waals surface area contributed by atoms with E-state index in [0.29, 0.717) is 38.9 Å². The van der Waals surface area contributed by atoms with Crippen molar-refractivity contribution in [2.45, 2.75) is 63.1 Å². The fourth-order valence-electron chi connectivity index (χ4n) is 6.76. The molecule has 1 saturated heterocycles. The number of carbonyl (C=O) groups is 1. The number of nitrogen functional groups attached to an aromatic ring is 1. The molecule has 29 heteroatoms. The van der Waals surface area contributed by atoms with Crippen LogP contribution in [-0.4, -0.2) is 126 Å². The second kappa shape index (κ2) is 20.5. The average molecular weight is 976 g/mol. The highest BCUT2D eigenvalue weighted by Gasteiger charge is 2.47. The monoisotopic (exact) mass is 975 g/mol. The maximum Gasteiger partial charge on any atom is 0.490 e. The molecule has 1 fully saturated rings. The molecule has 1 aromatic carbocycles. The number of phosphoric ester groups is 1. The first-order chi connectivity index (χ1) is 30.1. The molecule has 0 radical (unpaired) electrons. The number of nitrogens with two attached hydrogens (primary N) is 1. The van der Waals surface area contributed by atoms with Crippen LogP contribution in [0.15, 0.2) is 41.2 Å². The lowest BCUT2D eigenvalue weighted by atomic mass is 10.1. The maximum atomic E-state index is 12.7. The van der Waals surface area contributed by atoms with Crippen LogP contribution in [0, 0.1) is 0 Å². The van der Waals surface area contributed by atoms with E-state index in [4.69, 9.17) is 25.2 Å². The van der Waals surface area contributed by atoms with Gasteiger partial charge in [0, 0.05) is 50.9 Å². The lowest BCUT2D eigenvalue weighted by Crippen LogP contribution is -2.34. The summed E-state index contributed by atoms with van der Waals surface area (Å²) < 4.78 is 56.7. The van der Waals surface area contributed by atoms with E-state index in [0.717, 1.165) is 55.7 Å². The van der Waals surface area contributed by atoms with Crippen molar-refractivity contribution < 1.29 is 66.2 Å². The van der Waals surface area contributed by atoms with Gasteiger partial charge in [0.05, 0.1) is 27.4 Å². The third-order valence-corrected chi connectivity index (χ3v) is 14.8. The average Bonchev–Trinajstić information content (AvgIpc) is 3.70. The Balaban J connectivity index is 0.943. The highest BCUT2D eigenvalue weighted by Crippen LogP contribution is 2.66. The van der Waals surface area contributed by atoms with E-state index in [-0.39, 0.29) is 29.0 Å². The number of carbonyl (C=O) groups excluding carboxylic acids is 1. The number of anilines is 3. The van der Waals surface area contributed by atoms with Gasteiger partial charge >= 0.3 is 23.5 Å². The lowest BCUT2D eigenvalue weighted by molar-refractivity contribution is -0.121. The van der Waals surface area contributed by atoms with Gasteiger partial charge in [-0.05, 0) is 43.5 Å². The van der Waals surface area contributed by atoms with E-state index >= 15 is 0 Å². The van der Waals surface area contributed by atoms with Gasteiger partial charge in [-0.15, -0.1) is 11.3 Å². The van der Waals surface area contributed by atoms with E-state index in [1.807, 2.05) is 39.3 Å². The van der Waals surface area contributed by atoms with Crippen molar-refractivity contribution in [3.8, 4) is 10.6 Å². The number of fused-ring (bicyclic) bond motifs is 3. The van der Waals surface area contributed by atoms with E-state index in [2.05, 4.69) is 66.4 Å². The molecule has 2 aliphatic heterocycles. The Kier molecular flexibility index (Phi) is 15.8. The van der Waals surface area contributed by atoms with E-state index in [9.17, 15) is 43.3 Å². The van der Waals surface area contributed by atoms with Gasteiger partial charge in [0.1, 0.15) is 32.4 Å². The van der Waals surface area contributed by atoms with Crippen LogP contribution in [-0.2, 0) is 36.4 Å². The van der Waals surface area contributed by atoms with Crippen LogP contribution in [0.1, 0.15) is 44.8 Å². The number of imidazole rings is 1.